The Hall–Kier alpha value is -2.05. The molecule has 2 aliphatic heterocycles. The Balaban J connectivity index is 1.60. The molecule has 1 amide bonds. The summed E-state index contributed by atoms with van der Waals surface area (Å²) >= 11 is 4.89. The Morgan fingerprint density at radius 2 is 1.86 bits per heavy atom. The molecular formula is C23H24BrN3OS. The standard InChI is InChI=1S/C23H24BrN3OS/c1-3-27-22(28)21(29-23(27)25-19-9-7-18(24)8-10-19)15-17-6-11-20(14-16(17)2)26-12-4-5-13-26/h6-11,14-15H,3-5,12-13H2,1-2H3/b21-15-,25-23?. The monoisotopic (exact) mass is 469 g/mol. The van der Waals surface area contributed by atoms with Gasteiger partial charge in [-0.2, -0.15) is 0 Å². The number of aryl methyl sites for hydroxylation is 1. The number of thioether (sulfide) groups is 1. The molecule has 2 aromatic rings. The summed E-state index contributed by atoms with van der Waals surface area (Å²) in [7, 11) is 0. The van der Waals surface area contributed by atoms with Crippen LogP contribution in [0.5, 0.6) is 0 Å². The van der Waals surface area contributed by atoms with E-state index in [0.29, 0.717) is 6.54 Å². The van der Waals surface area contributed by atoms with E-state index in [4.69, 9.17) is 4.99 Å². The number of nitrogens with zero attached hydrogens (tertiary/aromatic N) is 3. The molecule has 2 heterocycles. The molecule has 0 unspecified atom stereocenters. The summed E-state index contributed by atoms with van der Waals surface area (Å²) in [5.74, 6) is 0.0244. The summed E-state index contributed by atoms with van der Waals surface area (Å²) in [5, 5.41) is 0.734. The van der Waals surface area contributed by atoms with Gasteiger partial charge in [0.15, 0.2) is 5.17 Å². The second-order valence-corrected chi connectivity index (χ2v) is 9.19. The van der Waals surface area contributed by atoms with Gasteiger partial charge >= 0.3 is 0 Å². The highest BCUT2D eigenvalue weighted by atomic mass is 79.9. The first-order valence-corrected chi connectivity index (χ1v) is 11.6. The van der Waals surface area contributed by atoms with Crippen LogP contribution in [-0.2, 0) is 4.79 Å². The molecule has 4 nitrogen and oxygen atoms in total. The van der Waals surface area contributed by atoms with Crippen LogP contribution in [0.3, 0.4) is 0 Å². The smallest absolute Gasteiger partial charge is 0.266 e. The molecule has 0 N–H and O–H groups in total. The van der Waals surface area contributed by atoms with Crippen LogP contribution in [0, 0.1) is 6.92 Å². The number of hydrogen-bond acceptors (Lipinski definition) is 4. The number of rotatable bonds is 4. The Kier molecular flexibility index (Phi) is 6.11. The van der Waals surface area contributed by atoms with E-state index in [1.54, 1.807) is 4.90 Å². The number of carbonyl (C=O) groups excluding carboxylic acids is 1. The van der Waals surface area contributed by atoms with Crippen molar-refractivity contribution in [2.45, 2.75) is 26.7 Å². The molecule has 0 radical (unpaired) electrons. The molecule has 0 aromatic heterocycles. The Labute approximate surface area is 184 Å². The number of aliphatic imine (C=N–C) groups is 1. The minimum atomic E-state index is 0.0244. The van der Waals surface area contributed by atoms with E-state index in [2.05, 4.69) is 46.0 Å². The van der Waals surface area contributed by atoms with Crippen molar-refractivity contribution in [2.75, 3.05) is 24.5 Å². The lowest BCUT2D eigenvalue weighted by Gasteiger charge is -2.18. The third-order valence-electron chi connectivity index (χ3n) is 5.27. The Bertz CT molecular complexity index is 978. The topological polar surface area (TPSA) is 35.9 Å². The predicted molar refractivity (Wildman–Crippen MR) is 127 cm³/mol. The van der Waals surface area contributed by atoms with E-state index < -0.39 is 0 Å². The summed E-state index contributed by atoms with van der Waals surface area (Å²) in [4.78, 5) is 22.5. The average molecular weight is 470 g/mol. The number of halogens is 1. The third-order valence-corrected chi connectivity index (χ3v) is 6.80. The zero-order chi connectivity index (χ0) is 20.4. The van der Waals surface area contributed by atoms with Crippen molar-refractivity contribution in [3.63, 3.8) is 0 Å². The van der Waals surface area contributed by atoms with Crippen LogP contribution in [-0.4, -0.2) is 35.6 Å². The van der Waals surface area contributed by atoms with E-state index in [-0.39, 0.29) is 5.91 Å². The molecule has 150 valence electrons. The zero-order valence-corrected chi connectivity index (χ0v) is 19.1. The van der Waals surface area contributed by atoms with Crippen LogP contribution in [0.25, 0.3) is 6.08 Å². The van der Waals surface area contributed by atoms with Crippen molar-refractivity contribution >= 4 is 56.2 Å². The molecule has 4 rings (SSSR count). The highest BCUT2D eigenvalue weighted by molar-refractivity contribution is 9.10. The molecule has 0 spiro atoms. The quantitative estimate of drug-likeness (QED) is 0.516. The molecule has 0 aliphatic carbocycles. The fraction of sp³-hybridized carbons (Fsp3) is 0.304. The number of amides is 1. The highest BCUT2D eigenvalue weighted by Gasteiger charge is 2.32. The van der Waals surface area contributed by atoms with Crippen LogP contribution in [0.15, 0.2) is 56.8 Å². The molecule has 6 heteroatoms. The van der Waals surface area contributed by atoms with Gasteiger partial charge in [-0.1, -0.05) is 22.0 Å². The molecule has 2 aliphatic rings. The number of benzene rings is 2. The summed E-state index contributed by atoms with van der Waals surface area (Å²) in [5.41, 5.74) is 4.40. The van der Waals surface area contributed by atoms with Gasteiger partial charge in [-0.25, -0.2) is 4.99 Å². The van der Waals surface area contributed by atoms with Gasteiger partial charge in [-0.3, -0.25) is 9.69 Å². The number of hydrogen-bond donors (Lipinski definition) is 0. The van der Waals surface area contributed by atoms with Crippen molar-refractivity contribution < 1.29 is 4.79 Å². The molecule has 0 bridgehead atoms. The molecule has 29 heavy (non-hydrogen) atoms. The molecule has 2 aromatic carbocycles. The number of amidine groups is 1. The maximum absolute atomic E-state index is 12.9. The lowest BCUT2D eigenvalue weighted by Crippen LogP contribution is -2.28. The van der Waals surface area contributed by atoms with Gasteiger partial charge in [0.2, 0.25) is 0 Å². The van der Waals surface area contributed by atoms with Crippen LogP contribution < -0.4 is 4.90 Å². The lowest BCUT2D eigenvalue weighted by atomic mass is 10.1. The first-order chi connectivity index (χ1) is 14.0. The van der Waals surface area contributed by atoms with E-state index in [0.717, 1.165) is 38.9 Å². The van der Waals surface area contributed by atoms with Crippen LogP contribution >= 0.6 is 27.7 Å². The van der Waals surface area contributed by atoms with E-state index in [9.17, 15) is 4.79 Å². The SMILES string of the molecule is CCN1C(=O)/C(=C/c2ccc(N3CCCC3)cc2C)SC1=Nc1ccc(Br)cc1. The van der Waals surface area contributed by atoms with Gasteiger partial charge in [-0.05, 0) is 92.1 Å². The molecule has 0 atom stereocenters. The summed E-state index contributed by atoms with van der Waals surface area (Å²) < 4.78 is 1.01. The second kappa shape index (κ2) is 8.76. The van der Waals surface area contributed by atoms with Gasteiger partial charge in [0.05, 0.1) is 10.6 Å². The first kappa shape index (κ1) is 20.2. The summed E-state index contributed by atoms with van der Waals surface area (Å²) in [6, 6.07) is 14.3. The first-order valence-electron chi connectivity index (χ1n) is 9.96. The highest BCUT2D eigenvalue weighted by Crippen LogP contribution is 2.35. The fourth-order valence-electron chi connectivity index (χ4n) is 3.63. The molecule has 2 fully saturated rings. The number of likely N-dealkylation sites (N-methyl/N-ethyl adjacent to an activating group) is 1. The average Bonchev–Trinajstić information content (AvgIpc) is 3.34. The van der Waals surface area contributed by atoms with Gasteiger partial charge in [0, 0.05) is 29.8 Å². The van der Waals surface area contributed by atoms with Gasteiger partial charge < -0.3 is 4.90 Å². The minimum Gasteiger partial charge on any atom is -0.372 e. The van der Waals surface area contributed by atoms with E-state index in [1.165, 1.54) is 35.9 Å². The maximum atomic E-state index is 12.9. The summed E-state index contributed by atoms with van der Waals surface area (Å²) in [6.45, 7) is 6.97. The van der Waals surface area contributed by atoms with Crippen molar-refractivity contribution in [3.05, 3.63) is 63.0 Å². The Morgan fingerprint density at radius 3 is 2.52 bits per heavy atom. The number of carbonyl (C=O) groups is 1. The van der Waals surface area contributed by atoms with Gasteiger partial charge in [0.1, 0.15) is 0 Å². The second-order valence-electron chi connectivity index (χ2n) is 7.27. The maximum Gasteiger partial charge on any atom is 0.266 e. The van der Waals surface area contributed by atoms with Crippen molar-refractivity contribution in [1.82, 2.24) is 4.90 Å². The van der Waals surface area contributed by atoms with Crippen molar-refractivity contribution in [1.29, 1.82) is 0 Å². The van der Waals surface area contributed by atoms with Crippen molar-refractivity contribution in [2.24, 2.45) is 4.99 Å². The van der Waals surface area contributed by atoms with Crippen LogP contribution in [0.1, 0.15) is 30.9 Å². The normalized spacial score (nSPS) is 19.8. The predicted octanol–water partition coefficient (Wildman–Crippen LogP) is 5.98. The zero-order valence-electron chi connectivity index (χ0n) is 16.7. The number of anilines is 1. The minimum absolute atomic E-state index is 0.0244. The van der Waals surface area contributed by atoms with E-state index in [1.807, 2.05) is 37.3 Å². The molecule has 2 saturated heterocycles. The fourth-order valence-corrected chi connectivity index (χ4v) is 4.95. The third kappa shape index (κ3) is 4.43. The Morgan fingerprint density at radius 1 is 1.14 bits per heavy atom. The van der Waals surface area contributed by atoms with Crippen LogP contribution in [0.4, 0.5) is 11.4 Å². The van der Waals surface area contributed by atoms with Gasteiger partial charge in [-0.15, -0.1) is 0 Å². The molecule has 0 saturated carbocycles. The van der Waals surface area contributed by atoms with Crippen LogP contribution in [0.2, 0.25) is 0 Å². The largest absolute Gasteiger partial charge is 0.372 e. The van der Waals surface area contributed by atoms with E-state index >= 15 is 0 Å². The van der Waals surface area contributed by atoms with Crippen molar-refractivity contribution in [3.8, 4) is 0 Å². The molecular weight excluding hydrogens is 446 g/mol. The lowest BCUT2D eigenvalue weighted by molar-refractivity contribution is -0.122. The van der Waals surface area contributed by atoms with Gasteiger partial charge in [0.25, 0.3) is 5.91 Å². The summed E-state index contributed by atoms with van der Waals surface area (Å²) in [6.07, 6.45) is 4.54.